The molecule has 6 nitrogen and oxygen atoms in total. The Labute approximate surface area is 185 Å². The minimum atomic E-state index is -1.02. The van der Waals surface area contributed by atoms with Crippen molar-refractivity contribution in [1.29, 1.82) is 0 Å². The predicted octanol–water partition coefficient (Wildman–Crippen LogP) is 3.38. The van der Waals surface area contributed by atoms with E-state index in [2.05, 4.69) is 20.8 Å². The van der Waals surface area contributed by atoms with E-state index in [0.717, 1.165) is 32.1 Å². The summed E-state index contributed by atoms with van der Waals surface area (Å²) in [6, 6.07) is 0. The lowest BCUT2D eigenvalue weighted by molar-refractivity contribution is -0.225. The van der Waals surface area contributed by atoms with E-state index in [1.54, 1.807) is 0 Å². The van der Waals surface area contributed by atoms with Crippen LogP contribution in [0.1, 0.15) is 78.6 Å². The summed E-state index contributed by atoms with van der Waals surface area (Å²) in [4.78, 5) is 12.0. The van der Waals surface area contributed by atoms with Crippen molar-refractivity contribution in [3.05, 3.63) is 0 Å². The normalized spacial score (nSPS) is 60.3. The quantitative estimate of drug-likeness (QED) is 0.616. The Balaban J connectivity index is 1.36. The fraction of sp³-hybridized carbons (Fsp3) is 0.960. The van der Waals surface area contributed by atoms with Gasteiger partial charge in [-0.25, -0.2) is 0 Å². The topological polar surface area (TPSA) is 85.2 Å². The van der Waals surface area contributed by atoms with Crippen LogP contribution in [0.5, 0.6) is 0 Å². The summed E-state index contributed by atoms with van der Waals surface area (Å²) in [5.41, 5.74) is -0.672. The average molecular weight is 435 g/mol. The zero-order valence-corrected chi connectivity index (χ0v) is 19.1. The molecule has 11 atom stereocenters. The molecule has 174 valence electrons. The summed E-state index contributed by atoms with van der Waals surface area (Å²) in [5.74, 6) is 1.33. The van der Waals surface area contributed by atoms with Crippen molar-refractivity contribution in [2.75, 3.05) is 6.61 Å². The smallest absolute Gasteiger partial charge is 0.311 e. The molecular formula is C25H38O6. The monoisotopic (exact) mass is 434 g/mol. The van der Waals surface area contributed by atoms with Gasteiger partial charge in [0.25, 0.3) is 0 Å². The van der Waals surface area contributed by atoms with E-state index in [0.29, 0.717) is 24.2 Å². The molecule has 6 fully saturated rings. The van der Waals surface area contributed by atoms with Gasteiger partial charge in [0.1, 0.15) is 0 Å². The number of hydrogen-bond acceptors (Lipinski definition) is 6. The zero-order valence-electron chi connectivity index (χ0n) is 19.1. The molecule has 0 aromatic carbocycles. The highest BCUT2D eigenvalue weighted by atomic mass is 16.8. The van der Waals surface area contributed by atoms with Gasteiger partial charge in [-0.1, -0.05) is 27.2 Å². The lowest BCUT2D eigenvalue weighted by Gasteiger charge is -2.67. The molecule has 31 heavy (non-hydrogen) atoms. The first-order valence-electron chi connectivity index (χ1n) is 12.5. The molecule has 3 saturated heterocycles. The van der Waals surface area contributed by atoms with Crippen LogP contribution in [0.15, 0.2) is 0 Å². The van der Waals surface area contributed by atoms with Crippen molar-refractivity contribution >= 4 is 5.97 Å². The summed E-state index contributed by atoms with van der Waals surface area (Å²) >= 11 is 0. The summed E-state index contributed by atoms with van der Waals surface area (Å²) < 4.78 is 17.9. The molecule has 0 aromatic rings. The van der Waals surface area contributed by atoms with Crippen molar-refractivity contribution in [3.8, 4) is 0 Å². The second-order valence-electron chi connectivity index (χ2n) is 12.5. The van der Waals surface area contributed by atoms with Gasteiger partial charge in [0, 0.05) is 12.5 Å². The Kier molecular flexibility index (Phi) is 4.35. The SMILES string of the molecule is C[C@]1(CO)CCC[C@@]2(C)C1CC[C@@]1(C)[C@@H]3C[C@@H](O)[C@@]45CC(=O)O[C@@H]4O[C@@H](O5)[C@H]3CC[C@@H]12. The van der Waals surface area contributed by atoms with Gasteiger partial charge in [-0.3, -0.25) is 4.79 Å². The molecule has 0 amide bonds. The molecule has 0 radical (unpaired) electrons. The molecule has 0 aromatic heterocycles. The molecule has 3 saturated carbocycles. The molecule has 2 bridgehead atoms. The van der Waals surface area contributed by atoms with Crippen LogP contribution < -0.4 is 0 Å². The summed E-state index contributed by atoms with van der Waals surface area (Å²) in [7, 11) is 0. The Morgan fingerprint density at radius 1 is 1.03 bits per heavy atom. The number of aliphatic hydroxyl groups is 2. The maximum absolute atomic E-state index is 12.0. The van der Waals surface area contributed by atoms with Crippen molar-refractivity contribution in [2.24, 2.45) is 39.9 Å². The van der Waals surface area contributed by atoms with Crippen molar-refractivity contribution in [2.45, 2.75) is 103 Å². The number of carbonyl (C=O) groups excluding carboxylic acids is 1. The minimum absolute atomic E-state index is 0.0210. The maximum atomic E-state index is 12.0. The number of aliphatic hydroxyl groups excluding tert-OH is 2. The van der Waals surface area contributed by atoms with E-state index in [1.807, 2.05) is 0 Å². The van der Waals surface area contributed by atoms with Gasteiger partial charge < -0.3 is 24.4 Å². The van der Waals surface area contributed by atoms with Crippen LogP contribution in [0, 0.1) is 39.9 Å². The van der Waals surface area contributed by atoms with Crippen molar-refractivity contribution in [1.82, 2.24) is 0 Å². The molecule has 6 rings (SSSR count). The van der Waals surface area contributed by atoms with E-state index >= 15 is 0 Å². The molecule has 3 aliphatic carbocycles. The van der Waals surface area contributed by atoms with E-state index < -0.39 is 24.3 Å². The third-order valence-electron chi connectivity index (χ3n) is 11.2. The van der Waals surface area contributed by atoms with E-state index in [9.17, 15) is 15.0 Å². The van der Waals surface area contributed by atoms with Gasteiger partial charge in [0.15, 0.2) is 11.9 Å². The Bertz CT molecular complexity index is 786. The highest BCUT2D eigenvalue weighted by Crippen LogP contribution is 2.71. The van der Waals surface area contributed by atoms with Crippen LogP contribution in [-0.4, -0.2) is 47.1 Å². The molecule has 3 heterocycles. The largest absolute Gasteiger partial charge is 0.432 e. The minimum Gasteiger partial charge on any atom is -0.432 e. The van der Waals surface area contributed by atoms with Crippen LogP contribution in [-0.2, 0) is 19.0 Å². The zero-order chi connectivity index (χ0) is 21.8. The first kappa shape index (κ1) is 20.9. The number of esters is 1. The van der Waals surface area contributed by atoms with E-state index in [4.69, 9.17) is 14.2 Å². The van der Waals surface area contributed by atoms with E-state index in [-0.39, 0.29) is 41.2 Å². The molecular weight excluding hydrogens is 396 g/mol. The number of carbonyl (C=O) groups is 1. The predicted molar refractivity (Wildman–Crippen MR) is 111 cm³/mol. The van der Waals surface area contributed by atoms with Crippen LogP contribution >= 0.6 is 0 Å². The van der Waals surface area contributed by atoms with Gasteiger partial charge in [-0.05, 0) is 78.9 Å². The van der Waals surface area contributed by atoms with Gasteiger partial charge in [-0.15, -0.1) is 0 Å². The molecule has 1 spiro atoms. The number of fused-ring (bicyclic) bond motifs is 7. The second-order valence-corrected chi connectivity index (χ2v) is 12.5. The molecule has 1 unspecified atom stereocenters. The number of rotatable bonds is 1. The van der Waals surface area contributed by atoms with Crippen LogP contribution in [0.3, 0.4) is 0 Å². The summed E-state index contributed by atoms with van der Waals surface area (Å²) in [6.45, 7) is 7.54. The number of ether oxygens (including phenoxy) is 3. The Morgan fingerprint density at radius 2 is 1.84 bits per heavy atom. The van der Waals surface area contributed by atoms with Crippen molar-refractivity contribution in [3.63, 3.8) is 0 Å². The standard InChI is InChI=1S/C25H38O6/c1-22(13-26)8-4-9-24(3)16(22)7-10-23(2)15-11-18(27)25-12-19(28)29-21(25)30-20(31-25)14(15)5-6-17(23)24/h14-18,20-21,26-27H,4-13H2,1-3H3/t14-,15+,16?,17-,18+,20-,21+,22+,23-,24-,25-/m0/s1. The van der Waals surface area contributed by atoms with Gasteiger partial charge >= 0.3 is 5.97 Å². The lowest BCUT2D eigenvalue weighted by atomic mass is 9.38. The van der Waals surface area contributed by atoms with Gasteiger partial charge in [0.2, 0.25) is 6.29 Å². The van der Waals surface area contributed by atoms with E-state index in [1.165, 1.54) is 12.8 Å². The lowest BCUT2D eigenvalue weighted by Crippen LogP contribution is -2.61. The Morgan fingerprint density at radius 3 is 2.61 bits per heavy atom. The highest BCUT2D eigenvalue weighted by molar-refractivity contribution is 5.74. The number of hydrogen-bond donors (Lipinski definition) is 2. The first-order valence-corrected chi connectivity index (χ1v) is 12.5. The van der Waals surface area contributed by atoms with Crippen LogP contribution in [0.4, 0.5) is 0 Å². The fourth-order valence-electron chi connectivity index (χ4n) is 9.76. The summed E-state index contributed by atoms with van der Waals surface area (Å²) in [6.07, 6.45) is 6.82. The summed E-state index contributed by atoms with van der Waals surface area (Å²) in [5, 5.41) is 21.6. The van der Waals surface area contributed by atoms with Crippen LogP contribution in [0.25, 0.3) is 0 Å². The van der Waals surface area contributed by atoms with Crippen LogP contribution in [0.2, 0.25) is 0 Å². The molecule has 6 aliphatic rings. The average Bonchev–Trinajstić information content (AvgIpc) is 3.17. The second kappa shape index (κ2) is 6.46. The molecule has 3 aliphatic heterocycles. The van der Waals surface area contributed by atoms with Gasteiger partial charge in [0.05, 0.1) is 12.5 Å². The molecule has 2 N–H and O–H groups in total. The Hall–Kier alpha value is -0.690. The molecule has 6 heteroatoms. The fourth-order valence-corrected chi connectivity index (χ4v) is 9.76. The maximum Gasteiger partial charge on any atom is 0.311 e. The van der Waals surface area contributed by atoms with Gasteiger partial charge in [-0.2, -0.15) is 0 Å². The highest BCUT2D eigenvalue weighted by Gasteiger charge is 2.70. The third-order valence-corrected chi connectivity index (χ3v) is 11.2. The first-order chi connectivity index (χ1) is 14.7. The van der Waals surface area contributed by atoms with Crippen molar-refractivity contribution < 1.29 is 29.2 Å². The third kappa shape index (κ3) is 2.51.